The molecule has 0 atom stereocenters. The van der Waals surface area contributed by atoms with Gasteiger partial charge in [-0.05, 0) is 24.3 Å². The minimum absolute atomic E-state index is 0.0823. The van der Waals surface area contributed by atoms with Gasteiger partial charge in [-0.15, -0.1) is 0 Å². The lowest BCUT2D eigenvalue weighted by Crippen LogP contribution is -1.96. The number of carbonyl (C=O) groups excluding carboxylic acids is 1. The molecule has 0 amide bonds. The van der Waals surface area contributed by atoms with Crippen LogP contribution in [0.3, 0.4) is 0 Å². The molecule has 0 bridgehead atoms. The van der Waals surface area contributed by atoms with E-state index in [1.54, 1.807) is 6.07 Å². The van der Waals surface area contributed by atoms with Crippen molar-refractivity contribution < 1.29 is 9.18 Å². The van der Waals surface area contributed by atoms with Gasteiger partial charge in [-0.1, -0.05) is 34.8 Å². The molecule has 18 heavy (non-hydrogen) atoms. The van der Waals surface area contributed by atoms with Gasteiger partial charge in [0, 0.05) is 11.1 Å². The molecule has 0 aliphatic carbocycles. The van der Waals surface area contributed by atoms with Crippen molar-refractivity contribution >= 4 is 41.1 Å². The van der Waals surface area contributed by atoms with E-state index in [2.05, 4.69) is 4.98 Å². The smallest absolute Gasteiger partial charge is 0.213 e. The summed E-state index contributed by atoms with van der Waals surface area (Å²) in [6.07, 6.45) is 0.436. The van der Waals surface area contributed by atoms with Gasteiger partial charge in [0.1, 0.15) is 5.69 Å². The molecule has 1 aromatic heterocycles. The number of rotatable bonds is 2. The first-order valence-corrected chi connectivity index (χ1v) is 5.93. The van der Waals surface area contributed by atoms with Crippen molar-refractivity contribution in [3.63, 3.8) is 0 Å². The molecule has 0 N–H and O–H groups in total. The highest BCUT2D eigenvalue weighted by molar-refractivity contribution is 6.46. The number of carbonyl (C=O) groups is 1. The van der Waals surface area contributed by atoms with Crippen LogP contribution in [0.2, 0.25) is 15.1 Å². The van der Waals surface area contributed by atoms with Gasteiger partial charge in [-0.3, -0.25) is 4.79 Å². The van der Waals surface area contributed by atoms with Crippen molar-refractivity contribution in [3.05, 3.63) is 51.0 Å². The first-order chi connectivity index (χ1) is 8.54. The largest absolute Gasteiger partial charge is 0.296 e. The fraction of sp³-hybridized carbons (Fsp3) is 0. The maximum absolute atomic E-state index is 13.0. The fourth-order valence-corrected chi connectivity index (χ4v) is 2.26. The third-order valence-electron chi connectivity index (χ3n) is 2.32. The summed E-state index contributed by atoms with van der Waals surface area (Å²) >= 11 is 18.0. The van der Waals surface area contributed by atoms with Crippen LogP contribution in [-0.4, -0.2) is 11.3 Å². The SMILES string of the molecule is O=Cc1nc(F)ccc1-c1c(Cl)ccc(Cl)c1Cl. The zero-order chi connectivity index (χ0) is 13.3. The number of aromatic nitrogens is 1. The highest BCUT2D eigenvalue weighted by atomic mass is 35.5. The second-order valence-electron chi connectivity index (χ2n) is 3.40. The molecule has 0 radical (unpaired) electrons. The molecular formula is C12H5Cl3FNO. The molecule has 0 aliphatic rings. The van der Waals surface area contributed by atoms with Crippen LogP contribution in [0, 0.1) is 5.95 Å². The van der Waals surface area contributed by atoms with Crippen molar-refractivity contribution in [2.75, 3.05) is 0 Å². The van der Waals surface area contributed by atoms with Crippen LogP contribution in [0.25, 0.3) is 11.1 Å². The highest BCUT2D eigenvalue weighted by Crippen LogP contribution is 2.39. The van der Waals surface area contributed by atoms with Crippen molar-refractivity contribution in [2.45, 2.75) is 0 Å². The molecule has 2 aromatic rings. The molecule has 0 fully saturated rings. The van der Waals surface area contributed by atoms with Gasteiger partial charge in [-0.2, -0.15) is 4.39 Å². The molecule has 0 unspecified atom stereocenters. The lowest BCUT2D eigenvalue weighted by molar-refractivity contribution is 0.111. The van der Waals surface area contributed by atoms with E-state index >= 15 is 0 Å². The Labute approximate surface area is 117 Å². The monoisotopic (exact) mass is 303 g/mol. The summed E-state index contributed by atoms with van der Waals surface area (Å²) in [6.45, 7) is 0. The normalized spacial score (nSPS) is 10.4. The second kappa shape index (κ2) is 5.22. The predicted molar refractivity (Wildman–Crippen MR) is 70.0 cm³/mol. The Hall–Kier alpha value is -1.16. The number of hydrogen-bond donors (Lipinski definition) is 0. The molecule has 92 valence electrons. The predicted octanol–water partition coefficient (Wildman–Crippen LogP) is 4.66. The van der Waals surface area contributed by atoms with Crippen LogP contribution in [-0.2, 0) is 0 Å². The van der Waals surface area contributed by atoms with Gasteiger partial charge in [0.05, 0.1) is 15.1 Å². The third-order valence-corrected chi connectivity index (χ3v) is 3.43. The van der Waals surface area contributed by atoms with E-state index in [0.29, 0.717) is 22.4 Å². The van der Waals surface area contributed by atoms with Crippen LogP contribution in [0.4, 0.5) is 4.39 Å². The maximum atomic E-state index is 13.0. The van der Waals surface area contributed by atoms with Gasteiger partial charge in [0.2, 0.25) is 5.95 Å². The van der Waals surface area contributed by atoms with Gasteiger partial charge in [0.25, 0.3) is 0 Å². The summed E-state index contributed by atoms with van der Waals surface area (Å²) in [5.41, 5.74) is 0.616. The molecule has 6 heteroatoms. The number of halogens is 4. The first-order valence-electron chi connectivity index (χ1n) is 4.80. The molecule has 1 aromatic carbocycles. The minimum atomic E-state index is -0.755. The lowest BCUT2D eigenvalue weighted by Gasteiger charge is -2.10. The van der Waals surface area contributed by atoms with Crippen LogP contribution >= 0.6 is 34.8 Å². The van der Waals surface area contributed by atoms with Gasteiger partial charge < -0.3 is 0 Å². The summed E-state index contributed by atoms with van der Waals surface area (Å²) in [4.78, 5) is 14.4. The Morgan fingerprint density at radius 1 is 1.06 bits per heavy atom. The molecule has 1 heterocycles. The Kier molecular flexibility index (Phi) is 3.85. The van der Waals surface area contributed by atoms with Crippen molar-refractivity contribution in [3.8, 4) is 11.1 Å². The van der Waals surface area contributed by atoms with Crippen molar-refractivity contribution in [2.24, 2.45) is 0 Å². The quantitative estimate of drug-likeness (QED) is 0.459. The van der Waals surface area contributed by atoms with E-state index in [-0.39, 0.29) is 15.7 Å². The number of pyridine rings is 1. The average molecular weight is 305 g/mol. The Morgan fingerprint density at radius 2 is 1.72 bits per heavy atom. The summed E-state index contributed by atoms with van der Waals surface area (Å²) in [5.74, 6) is -0.755. The van der Waals surface area contributed by atoms with E-state index in [4.69, 9.17) is 34.8 Å². The van der Waals surface area contributed by atoms with E-state index in [1.165, 1.54) is 12.1 Å². The summed E-state index contributed by atoms with van der Waals surface area (Å²) in [6, 6.07) is 5.59. The molecule has 0 saturated heterocycles. The fourth-order valence-electron chi connectivity index (χ4n) is 1.53. The zero-order valence-corrected chi connectivity index (χ0v) is 11.0. The number of nitrogens with zero attached hydrogens (tertiary/aromatic N) is 1. The van der Waals surface area contributed by atoms with E-state index < -0.39 is 5.95 Å². The molecule has 2 nitrogen and oxygen atoms in total. The van der Waals surface area contributed by atoms with E-state index in [0.717, 1.165) is 6.07 Å². The van der Waals surface area contributed by atoms with Crippen LogP contribution < -0.4 is 0 Å². The van der Waals surface area contributed by atoms with Crippen LogP contribution in [0.15, 0.2) is 24.3 Å². The number of hydrogen-bond acceptors (Lipinski definition) is 2. The molecule has 0 spiro atoms. The molecule has 0 saturated carbocycles. The summed E-state index contributed by atoms with van der Waals surface area (Å²) < 4.78 is 13.0. The molecule has 2 rings (SSSR count). The summed E-state index contributed by atoms with van der Waals surface area (Å²) in [7, 11) is 0. The van der Waals surface area contributed by atoms with Crippen LogP contribution in [0.5, 0.6) is 0 Å². The highest BCUT2D eigenvalue weighted by Gasteiger charge is 2.16. The van der Waals surface area contributed by atoms with E-state index in [9.17, 15) is 9.18 Å². The van der Waals surface area contributed by atoms with E-state index in [1.807, 2.05) is 0 Å². The minimum Gasteiger partial charge on any atom is -0.296 e. The molecule has 0 aliphatic heterocycles. The van der Waals surface area contributed by atoms with Crippen LogP contribution in [0.1, 0.15) is 10.5 Å². The Balaban J connectivity index is 2.77. The Bertz CT molecular complexity index is 631. The van der Waals surface area contributed by atoms with Gasteiger partial charge in [0.15, 0.2) is 6.29 Å². The second-order valence-corrected chi connectivity index (χ2v) is 4.60. The first kappa shape index (κ1) is 13.3. The zero-order valence-electron chi connectivity index (χ0n) is 8.75. The lowest BCUT2D eigenvalue weighted by atomic mass is 10.0. The summed E-state index contributed by atoms with van der Waals surface area (Å²) in [5, 5.41) is 0.791. The molecular weight excluding hydrogens is 299 g/mol. The standard InChI is InChI=1S/C12H5Cl3FNO/c13-7-2-3-8(14)12(15)11(7)6-1-4-10(16)17-9(6)5-18/h1-5H. The third kappa shape index (κ3) is 2.34. The number of aldehydes is 1. The van der Waals surface area contributed by atoms with Gasteiger partial charge in [-0.25, -0.2) is 4.98 Å². The van der Waals surface area contributed by atoms with Crippen molar-refractivity contribution in [1.29, 1.82) is 0 Å². The van der Waals surface area contributed by atoms with Gasteiger partial charge >= 0.3 is 0 Å². The Morgan fingerprint density at radius 3 is 2.39 bits per heavy atom. The maximum Gasteiger partial charge on any atom is 0.213 e. The topological polar surface area (TPSA) is 30.0 Å². The average Bonchev–Trinajstić information content (AvgIpc) is 2.36. The number of benzene rings is 1. The van der Waals surface area contributed by atoms with Crippen molar-refractivity contribution in [1.82, 2.24) is 4.98 Å².